The number of carbonyl (C=O) groups is 2. The number of nitrogens with one attached hydrogen (secondary N) is 1. The first-order chi connectivity index (χ1) is 12.1. The molecular formula is C18H24FN3O3. The van der Waals surface area contributed by atoms with E-state index in [2.05, 4.69) is 5.32 Å². The Kier molecular flexibility index (Phi) is 5.40. The Labute approximate surface area is 146 Å². The van der Waals surface area contributed by atoms with E-state index in [1.165, 1.54) is 13.2 Å². The predicted octanol–water partition coefficient (Wildman–Crippen LogP) is 1.78. The van der Waals surface area contributed by atoms with Crippen LogP contribution >= 0.6 is 0 Å². The fourth-order valence-corrected chi connectivity index (χ4v) is 3.55. The Hall–Kier alpha value is -2.31. The molecule has 3 amide bonds. The molecule has 0 saturated carbocycles. The number of likely N-dealkylation sites (tertiary alicyclic amines) is 1. The summed E-state index contributed by atoms with van der Waals surface area (Å²) < 4.78 is 18.6. The molecule has 2 fully saturated rings. The van der Waals surface area contributed by atoms with E-state index in [0.717, 1.165) is 24.9 Å². The number of rotatable bonds is 5. The van der Waals surface area contributed by atoms with Crippen LogP contribution in [0.15, 0.2) is 18.2 Å². The molecule has 1 atom stereocenters. The first kappa shape index (κ1) is 17.5. The van der Waals surface area contributed by atoms with Crippen molar-refractivity contribution in [2.24, 2.45) is 0 Å². The number of carbonyl (C=O) groups excluding carboxylic acids is 2. The van der Waals surface area contributed by atoms with Crippen molar-refractivity contribution in [2.75, 3.05) is 33.3 Å². The SMILES string of the molecule is COc1ccc(CCC(=O)N2CCCC(N3CCNC3=O)C2)cc1F. The van der Waals surface area contributed by atoms with Crippen molar-refractivity contribution in [2.45, 2.75) is 31.7 Å². The number of benzene rings is 1. The van der Waals surface area contributed by atoms with Gasteiger partial charge < -0.3 is 19.9 Å². The summed E-state index contributed by atoms with van der Waals surface area (Å²) in [5.41, 5.74) is 0.777. The van der Waals surface area contributed by atoms with Crippen LogP contribution in [0.1, 0.15) is 24.8 Å². The third-order valence-electron chi connectivity index (χ3n) is 4.92. The third kappa shape index (κ3) is 4.03. The van der Waals surface area contributed by atoms with Gasteiger partial charge in [0.05, 0.1) is 13.2 Å². The zero-order chi connectivity index (χ0) is 17.8. The zero-order valence-corrected chi connectivity index (χ0v) is 14.5. The maximum absolute atomic E-state index is 13.7. The Morgan fingerprint density at radius 1 is 1.40 bits per heavy atom. The molecule has 1 aromatic carbocycles. The van der Waals surface area contributed by atoms with E-state index in [0.29, 0.717) is 32.5 Å². The highest BCUT2D eigenvalue weighted by atomic mass is 19.1. The Bertz CT molecular complexity index is 652. The van der Waals surface area contributed by atoms with Gasteiger partial charge in [-0.1, -0.05) is 6.07 Å². The van der Waals surface area contributed by atoms with Crippen molar-refractivity contribution in [1.29, 1.82) is 0 Å². The third-order valence-corrected chi connectivity index (χ3v) is 4.92. The number of hydrogen-bond acceptors (Lipinski definition) is 3. The lowest BCUT2D eigenvalue weighted by molar-refractivity contribution is -0.133. The van der Waals surface area contributed by atoms with Gasteiger partial charge in [-0.05, 0) is 37.0 Å². The zero-order valence-electron chi connectivity index (χ0n) is 14.5. The molecule has 2 aliphatic heterocycles. The number of piperidine rings is 1. The van der Waals surface area contributed by atoms with Gasteiger partial charge in [0, 0.05) is 32.6 Å². The van der Waals surface area contributed by atoms with Crippen LogP contribution in [0.2, 0.25) is 0 Å². The number of urea groups is 1. The second-order valence-electron chi connectivity index (χ2n) is 6.53. The highest BCUT2D eigenvalue weighted by Crippen LogP contribution is 2.21. The van der Waals surface area contributed by atoms with Gasteiger partial charge in [-0.2, -0.15) is 0 Å². The van der Waals surface area contributed by atoms with Crippen molar-refractivity contribution in [3.05, 3.63) is 29.6 Å². The normalized spacial score (nSPS) is 20.6. The maximum atomic E-state index is 13.7. The number of methoxy groups -OCH3 is 1. The molecule has 25 heavy (non-hydrogen) atoms. The lowest BCUT2D eigenvalue weighted by Crippen LogP contribution is -2.50. The van der Waals surface area contributed by atoms with Crippen LogP contribution in [0.5, 0.6) is 5.75 Å². The molecule has 2 heterocycles. The fraction of sp³-hybridized carbons (Fsp3) is 0.556. The number of amides is 3. The molecule has 1 N–H and O–H groups in total. The van der Waals surface area contributed by atoms with Crippen molar-refractivity contribution >= 4 is 11.9 Å². The molecule has 6 nitrogen and oxygen atoms in total. The lowest BCUT2D eigenvalue weighted by atomic mass is 10.0. The Morgan fingerprint density at radius 3 is 2.92 bits per heavy atom. The molecule has 1 unspecified atom stereocenters. The van der Waals surface area contributed by atoms with Crippen LogP contribution in [0.3, 0.4) is 0 Å². The van der Waals surface area contributed by atoms with Gasteiger partial charge in [0.25, 0.3) is 0 Å². The predicted molar refractivity (Wildman–Crippen MR) is 91.0 cm³/mol. The summed E-state index contributed by atoms with van der Waals surface area (Å²) >= 11 is 0. The monoisotopic (exact) mass is 349 g/mol. The van der Waals surface area contributed by atoms with Crippen LogP contribution in [0.25, 0.3) is 0 Å². The summed E-state index contributed by atoms with van der Waals surface area (Å²) in [4.78, 5) is 28.0. The summed E-state index contributed by atoms with van der Waals surface area (Å²) in [7, 11) is 1.43. The standard InChI is InChI=1S/C18H24FN3O3/c1-25-16-6-4-13(11-15(16)19)5-7-17(23)21-9-2-3-14(12-21)22-10-8-20-18(22)24/h4,6,11,14H,2-3,5,7-10,12H2,1H3,(H,20,24). The van der Waals surface area contributed by atoms with Crippen molar-refractivity contribution in [3.63, 3.8) is 0 Å². The highest BCUT2D eigenvalue weighted by Gasteiger charge is 2.32. The molecule has 2 aliphatic rings. The Balaban J connectivity index is 1.54. The number of ether oxygens (including phenoxy) is 1. The van der Waals surface area contributed by atoms with Gasteiger partial charge in [-0.15, -0.1) is 0 Å². The fourth-order valence-electron chi connectivity index (χ4n) is 3.55. The summed E-state index contributed by atoms with van der Waals surface area (Å²) in [6.45, 7) is 2.69. The number of halogens is 1. The molecule has 0 bridgehead atoms. The second kappa shape index (κ2) is 7.72. The molecular weight excluding hydrogens is 325 g/mol. The van der Waals surface area contributed by atoms with E-state index in [4.69, 9.17) is 4.74 Å². The minimum absolute atomic E-state index is 0.0343. The van der Waals surface area contributed by atoms with E-state index < -0.39 is 5.82 Å². The molecule has 2 saturated heterocycles. The Morgan fingerprint density at radius 2 is 2.24 bits per heavy atom. The number of aryl methyl sites for hydroxylation is 1. The van der Waals surface area contributed by atoms with E-state index in [9.17, 15) is 14.0 Å². The van der Waals surface area contributed by atoms with Crippen molar-refractivity contribution in [3.8, 4) is 5.75 Å². The quantitative estimate of drug-likeness (QED) is 0.881. The van der Waals surface area contributed by atoms with Crippen LogP contribution in [-0.2, 0) is 11.2 Å². The number of hydrogen-bond donors (Lipinski definition) is 1. The van der Waals surface area contributed by atoms with Crippen LogP contribution in [-0.4, -0.2) is 61.1 Å². The van der Waals surface area contributed by atoms with Gasteiger partial charge in [0.1, 0.15) is 0 Å². The molecule has 0 aliphatic carbocycles. The molecule has 0 radical (unpaired) electrons. The molecule has 7 heteroatoms. The van der Waals surface area contributed by atoms with E-state index in [1.807, 2.05) is 9.80 Å². The summed E-state index contributed by atoms with van der Waals surface area (Å²) in [6.07, 6.45) is 2.66. The molecule has 136 valence electrons. The van der Waals surface area contributed by atoms with Crippen molar-refractivity contribution in [1.82, 2.24) is 15.1 Å². The van der Waals surface area contributed by atoms with Crippen LogP contribution in [0.4, 0.5) is 9.18 Å². The average Bonchev–Trinajstić information content (AvgIpc) is 3.06. The van der Waals surface area contributed by atoms with E-state index in [1.54, 1.807) is 12.1 Å². The minimum Gasteiger partial charge on any atom is -0.494 e. The first-order valence-electron chi connectivity index (χ1n) is 8.73. The lowest BCUT2D eigenvalue weighted by Gasteiger charge is -2.37. The largest absolute Gasteiger partial charge is 0.494 e. The maximum Gasteiger partial charge on any atom is 0.317 e. The van der Waals surface area contributed by atoms with Gasteiger partial charge in [0.15, 0.2) is 11.6 Å². The second-order valence-corrected chi connectivity index (χ2v) is 6.53. The first-order valence-corrected chi connectivity index (χ1v) is 8.73. The topological polar surface area (TPSA) is 61.9 Å². The highest BCUT2D eigenvalue weighted by molar-refractivity contribution is 5.78. The number of nitrogens with zero attached hydrogens (tertiary/aromatic N) is 2. The van der Waals surface area contributed by atoms with E-state index in [-0.39, 0.29) is 23.7 Å². The summed E-state index contributed by atoms with van der Waals surface area (Å²) in [5.74, 6) is -0.149. The van der Waals surface area contributed by atoms with Crippen LogP contribution < -0.4 is 10.1 Å². The minimum atomic E-state index is -0.412. The van der Waals surface area contributed by atoms with Gasteiger partial charge in [-0.25, -0.2) is 9.18 Å². The molecule has 3 rings (SSSR count). The van der Waals surface area contributed by atoms with E-state index >= 15 is 0 Å². The molecule has 0 aromatic heterocycles. The molecule has 1 aromatic rings. The smallest absolute Gasteiger partial charge is 0.317 e. The summed E-state index contributed by atoms with van der Waals surface area (Å²) in [6, 6.07) is 4.84. The van der Waals surface area contributed by atoms with Gasteiger partial charge >= 0.3 is 6.03 Å². The summed E-state index contributed by atoms with van der Waals surface area (Å²) in [5, 5.41) is 2.81. The van der Waals surface area contributed by atoms with Crippen molar-refractivity contribution < 1.29 is 18.7 Å². The molecule has 0 spiro atoms. The average molecular weight is 349 g/mol. The van der Waals surface area contributed by atoms with Crippen LogP contribution in [0, 0.1) is 5.82 Å². The van der Waals surface area contributed by atoms with Gasteiger partial charge in [0.2, 0.25) is 5.91 Å². The van der Waals surface area contributed by atoms with Gasteiger partial charge in [-0.3, -0.25) is 4.79 Å².